The van der Waals surface area contributed by atoms with Crippen LogP contribution in [-0.4, -0.2) is 24.2 Å². The Labute approximate surface area is 202 Å². The average Bonchev–Trinajstić information content (AvgIpc) is 3.25. The lowest BCUT2D eigenvalue weighted by Gasteiger charge is -2.32. The summed E-state index contributed by atoms with van der Waals surface area (Å²) in [5, 5.41) is 0. The molecule has 8 heteroatoms. The minimum absolute atomic E-state index is 0.00743. The maximum absolute atomic E-state index is 13.5. The van der Waals surface area contributed by atoms with Gasteiger partial charge in [0.1, 0.15) is 0 Å². The van der Waals surface area contributed by atoms with E-state index in [1.165, 1.54) is 17.0 Å². The maximum atomic E-state index is 13.5. The zero-order valence-electron chi connectivity index (χ0n) is 19.9. The van der Waals surface area contributed by atoms with Crippen molar-refractivity contribution in [1.82, 2.24) is 0 Å². The third-order valence-electron chi connectivity index (χ3n) is 7.21. The van der Waals surface area contributed by atoms with Crippen LogP contribution in [0.15, 0.2) is 66.7 Å². The summed E-state index contributed by atoms with van der Waals surface area (Å²) in [6, 6.07) is 18.7. The molecule has 3 aromatic carbocycles. The van der Waals surface area contributed by atoms with E-state index in [1.54, 1.807) is 12.1 Å². The molecule has 0 atom stereocenters. The summed E-state index contributed by atoms with van der Waals surface area (Å²) < 4.78 is 53.1. The third-order valence-corrected chi connectivity index (χ3v) is 7.21. The van der Waals surface area contributed by atoms with Crippen LogP contribution < -0.4 is 10.4 Å². The first-order valence-electron chi connectivity index (χ1n) is 11.4. The van der Waals surface area contributed by atoms with E-state index in [-0.39, 0.29) is 17.7 Å². The number of fused-ring (bicyclic) bond motifs is 1. The second-order valence-electron chi connectivity index (χ2n) is 9.95. The van der Waals surface area contributed by atoms with Crippen LogP contribution in [0.25, 0.3) is 11.1 Å². The van der Waals surface area contributed by atoms with Crippen molar-refractivity contribution in [1.29, 1.82) is 0 Å². The van der Waals surface area contributed by atoms with Crippen molar-refractivity contribution in [2.75, 3.05) is 4.90 Å². The molecule has 0 aliphatic carbocycles. The molecule has 3 aromatic rings. The minimum Gasteiger partial charge on any atom is -0.399 e. The smallest absolute Gasteiger partial charge is 0.399 e. The van der Waals surface area contributed by atoms with Crippen LogP contribution >= 0.6 is 0 Å². The molecular weight excluding hydrogens is 454 g/mol. The maximum Gasteiger partial charge on any atom is 0.495 e. The van der Waals surface area contributed by atoms with E-state index < -0.39 is 36.0 Å². The van der Waals surface area contributed by atoms with Gasteiger partial charge in [-0.05, 0) is 74.1 Å². The summed E-state index contributed by atoms with van der Waals surface area (Å²) in [5.74, 6) is -0.442. The summed E-state index contributed by atoms with van der Waals surface area (Å²) in [6.45, 7) is 7.82. The molecule has 0 saturated carbocycles. The van der Waals surface area contributed by atoms with E-state index in [0.717, 1.165) is 22.7 Å². The van der Waals surface area contributed by atoms with Crippen molar-refractivity contribution >= 4 is 24.2 Å². The van der Waals surface area contributed by atoms with E-state index in [2.05, 4.69) is 0 Å². The van der Waals surface area contributed by atoms with Gasteiger partial charge >= 0.3 is 13.3 Å². The molecule has 35 heavy (non-hydrogen) atoms. The Balaban J connectivity index is 1.51. The molecule has 0 spiro atoms. The van der Waals surface area contributed by atoms with Gasteiger partial charge < -0.3 is 14.2 Å². The number of hydrogen-bond acceptors (Lipinski definition) is 3. The minimum atomic E-state index is -4.52. The van der Waals surface area contributed by atoms with Gasteiger partial charge in [0.2, 0.25) is 0 Å². The normalized spacial score (nSPS) is 18.8. The molecule has 0 bridgehead atoms. The lowest BCUT2D eigenvalue weighted by atomic mass is 9.74. The lowest BCUT2D eigenvalue weighted by molar-refractivity contribution is -0.138. The summed E-state index contributed by atoms with van der Waals surface area (Å²) in [4.78, 5) is 14.5. The highest BCUT2D eigenvalue weighted by atomic mass is 19.4. The Kier molecular flexibility index (Phi) is 5.38. The topological polar surface area (TPSA) is 38.8 Å². The van der Waals surface area contributed by atoms with Crippen LogP contribution in [0.4, 0.5) is 18.9 Å². The van der Waals surface area contributed by atoms with E-state index in [1.807, 2.05) is 64.1 Å². The van der Waals surface area contributed by atoms with Crippen molar-refractivity contribution in [3.8, 4) is 11.1 Å². The second-order valence-corrected chi connectivity index (χ2v) is 9.95. The molecule has 180 valence electrons. The molecule has 2 heterocycles. The number of nitrogens with zero attached hydrogens (tertiary/aromatic N) is 1. The van der Waals surface area contributed by atoms with Gasteiger partial charge in [0.15, 0.2) is 0 Å². The van der Waals surface area contributed by atoms with Crippen molar-refractivity contribution < 1.29 is 27.3 Å². The number of hydrogen-bond donors (Lipinski definition) is 0. The summed E-state index contributed by atoms with van der Waals surface area (Å²) in [7, 11) is -0.577. The standard InChI is InChI=1S/C27H25BF3NO3/c1-25(2)26(3,4)35-28(34-25)23-14-6-5-11-19(23)17-9-7-10-18(15-17)32-16-21-20(24(32)33)12-8-13-22(21)27(29,30)31/h5-15H,16H2,1-4H3. The second kappa shape index (κ2) is 7.97. The molecule has 5 rings (SSSR count). The number of anilines is 1. The number of carbonyl (C=O) groups excluding carboxylic acids is 1. The van der Waals surface area contributed by atoms with Crippen LogP contribution in [0.1, 0.15) is 49.2 Å². The fourth-order valence-corrected chi connectivity index (χ4v) is 4.58. The zero-order valence-corrected chi connectivity index (χ0v) is 19.9. The van der Waals surface area contributed by atoms with Gasteiger partial charge in [-0.2, -0.15) is 13.2 Å². The van der Waals surface area contributed by atoms with Gasteiger partial charge in [0, 0.05) is 11.3 Å². The van der Waals surface area contributed by atoms with Crippen molar-refractivity contribution in [3.63, 3.8) is 0 Å². The van der Waals surface area contributed by atoms with Gasteiger partial charge in [0.05, 0.1) is 23.3 Å². The fraction of sp³-hybridized carbons (Fsp3) is 0.296. The molecule has 1 fully saturated rings. The average molecular weight is 479 g/mol. The number of benzene rings is 3. The number of alkyl halides is 3. The summed E-state index contributed by atoms with van der Waals surface area (Å²) in [5.41, 5.74) is 1.37. The highest BCUT2D eigenvalue weighted by Gasteiger charge is 2.52. The van der Waals surface area contributed by atoms with Crippen molar-refractivity contribution in [2.24, 2.45) is 0 Å². The van der Waals surface area contributed by atoms with E-state index in [0.29, 0.717) is 5.69 Å². The largest absolute Gasteiger partial charge is 0.495 e. The first kappa shape index (κ1) is 23.6. The van der Waals surface area contributed by atoms with Gasteiger partial charge in [-0.25, -0.2) is 0 Å². The Morgan fingerprint density at radius 1 is 0.857 bits per heavy atom. The number of carbonyl (C=O) groups is 1. The summed E-state index contributed by atoms with van der Waals surface area (Å²) in [6.07, 6.45) is -4.52. The Morgan fingerprint density at radius 2 is 1.49 bits per heavy atom. The van der Waals surface area contributed by atoms with Crippen molar-refractivity contribution in [2.45, 2.75) is 51.6 Å². The Hall–Kier alpha value is -3.10. The molecule has 2 aliphatic rings. The van der Waals surface area contributed by atoms with Crippen LogP contribution in [0.5, 0.6) is 0 Å². The molecular formula is C27H25BF3NO3. The lowest BCUT2D eigenvalue weighted by Crippen LogP contribution is -2.41. The molecule has 1 amide bonds. The van der Waals surface area contributed by atoms with E-state index in [4.69, 9.17) is 9.31 Å². The number of amides is 1. The van der Waals surface area contributed by atoms with Crippen LogP contribution in [0.2, 0.25) is 0 Å². The first-order chi connectivity index (χ1) is 16.4. The quantitative estimate of drug-likeness (QED) is 0.444. The monoisotopic (exact) mass is 479 g/mol. The zero-order chi connectivity index (χ0) is 25.2. The van der Waals surface area contributed by atoms with Crippen LogP contribution in [-0.2, 0) is 22.0 Å². The number of rotatable bonds is 3. The van der Waals surface area contributed by atoms with Crippen molar-refractivity contribution in [3.05, 3.63) is 83.4 Å². The van der Waals surface area contributed by atoms with Gasteiger partial charge in [-0.15, -0.1) is 0 Å². The molecule has 0 N–H and O–H groups in total. The molecule has 1 saturated heterocycles. The van der Waals surface area contributed by atoms with E-state index >= 15 is 0 Å². The predicted molar refractivity (Wildman–Crippen MR) is 130 cm³/mol. The predicted octanol–water partition coefficient (Wildman–Crippen LogP) is 5.83. The van der Waals surface area contributed by atoms with E-state index in [9.17, 15) is 18.0 Å². The molecule has 2 aliphatic heterocycles. The first-order valence-corrected chi connectivity index (χ1v) is 11.4. The third kappa shape index (κ3) is 3.94. The van der Waals surface area contributed by atoms with Crippen LogP contribution in [0.3, 0.4) is 0 Å². The van der Waals surface area contributed by atoms with Gasteiger partial charge in [-0.1, -0.05) is 42.5 Å². The van der Waals surface area contributed by atoms with Gasteiger partial charge in [0.25, 0.3) is 5.91 Å². The SMILES string of the molecule is CC1(C)OB(c2ccccc2-c2cccc(N3Cc4c(cccc4C(F)(F)F)C3=O)c2)OC1(C)C. The molecule has 4 nitrogen and oxygen atoms in total. The Morgan fingerprint density at radius 3 is 2.17 bits per heavy atom. The molecule has 0 radical (unpaired) electrons. The number of halogens is 3. The fourth-order valence-electron chi connectivity index (χ4n) is 4.58. The molecule has 0 aromatic heterocycles. The highest BCUT2D eigenvalue weighted by Crippen LogP contribution is 2.40. The Bertz CT molecular complexity index is 1300. The summed E-state index contributed by atoms with van der Waals surface area (Å²) >= 11 is 0. The molecule has 0 unspecified atom stereocenters. The van der Waals surface area contributed by atoms with Crippen LogP contribution in [0, 0.1) is 0 Å². The van der Waals surface area contributed by atoms with Gasteiger partial charge in [-0.3, -0.25) is 4.79 Å². The highest BCUT2D eigenvalue weighted by molar-refractivity contribution is 6.63.